The van der Waals surface area contributed by atoms with Gasteiger partial charge in [-0.2, -0.15) is 0 Å². The van der Waals surface area contributed by atoms with E-state index in [-0.39, 0.29) is 95.9 Å². The van der Waals surface area contributed by atoms with Gasteiger partial charge < -0.3 is 76.4 Å². The van der Waals surface area contributed by atoms with E-state index in [1.165, 1.54) is 54.6 Å². The highest BCUT2D eigenvalue weighted by molar-refractivity contribution is 14.0. The van der Waals surface area contributed by atoms with Crippen molar-refractivity contribution in [2.75, 3.05) is 51.1 Å². The minimum Gasteiger partial charge on any atom is -1.00 e. The number of benzene rings is 2. The number of aromatic nitrogens is 4. The Morgan fingerprint density at radius 3 is 1.30 bits per heavy atom. The van der Waals surface area contributed by atoms with Crippen molar-refractivity contribution >= 4 is 104 Å². The van der Waals surface area contributed by atoms with Crippen molar-refractivity contribution in [1.82, 2.24) is 19.8 Å². The Hall–Kier alpha value is -3.24. The third-order valence-electron chi connectivity index (χ3n) is 11.0. The molecule has 0 amide bonds. The third-order valence-corrected chi connectivity index (χ3v) is 11.0. The Labute approximate surface area is 428 Å². The van der Waals surface area contributed by atoms with Crippen molar-refractivity contribution in [3.8, 4) is 0 Å². The largest absolute Gasteiger partial charge is 1.00 e. The van der Waals surface area contributed by atoms with E-state index in [2.05, 4.69) is 121 Å². The lowest BCUT2D eigenvalue weighted by Crippen LogP contribution is -3.00. The van der Waals surface area contributed by atoms with Crippen LogP contribution in [0.5, 0.6) is 0 Å². The molecule has 10 nitrogen and oxygen atoms in total. The molecule has 324 valence electrons. The van der Waals surface area contributed by atoms with Gasteiger partial charge in [0.25, 0.3) is 0 Å². The predicted octanol–water partition coefficient (Wildman–Crippen LogP) is 3.82. The fourth-order valence-corrected chi connectivity index (χ4v) is 8.15. The van der Waals surface area contributed by atoms with Gasteiger partial charge in [0.1, 0.15) is 11.4 Å². The number of pyridine rings is 2. The number of rotatable bonds is 14. The molecule has 14 heteroatoms. The van der Waals surface area contributed by atoms with Gasteiger partial charge in [-0.25, -0.2) is 9.13 Å². The summed E-state index contributed by atoms with van der Waals surface area (Å²) in [4.78, 5) is 18.8. The van der Waals surface area contributed by atoms with Crippen LogP contribution in [0.25, 0.3) is 45.0 Å². The summed E-state index contributed by atoms with van der Waals surface area (Å²) in [6.45, 7) is 1.99. The minimum atomic E-state index is 0. The molecule has 61 heavy (non-hydrogen) atoms. The summed E-state index contributed by atoms with van der Waals surface area (Å²) in [6.07, 6.45) is 21.4. The molecular weight excluding hydrogens is 1220 g/mol. The van der Waals surface area contributed by atoms with Crippen molar-refractivity contribution in [3.63, 3.8) is 0 Å². The van der Waals surface area contributed by atoms with Crippen molar-refractivity contribution in [3.05, 3.63) is 133 Å². The average molecular weight is 1270 g/mol. The van der Waals surface area contributed by atoms with Crippen molar-refractivity contribution < 1.29 is 65.9 Å². The van der Waals surface area contributed by atoms with Crippen LogP contribution in [0.3, 0.4) is 0 Å². The van der Waals surface area contributed by atoms with Crippen LogP contribution < -0.4 is 66.9 Å². The maximum Gasteiger partial charge on any atom is 0.370 e. The molecule has 0 N–H and O–H groups in total. The number of hydrogen-bond donors (Lipinski definition) is 0. The Kier molecular flexibility index (Phi) is 18.9. The van der Waals surface area contributed by atoms with Gasteiger partial charge in [0.2, 0.25) is 11.2 Å². The molecule has 8 rings (SSSR count). The maximum atomic E-state index is 6.29. The summed E-state index contributed by atoms with van der Waals surface area (Å²) in [6, 6.07) is 25.3. The number of oxazole rings is 2. The topological polar surface area (TPSA) is 72.8 Å². The van der Waals surface area contributed by atoms with Crippen molar-refractivity contribution in [2.24, 2.45) is 14.1 Å². The SMILES string of the molecule is CN(C)C(=C1C=CN(CCCCCCCCCN2C=CC(=C(c3nc4c(ccc[n+]4C)o3)N(C)C)c3ccccc32)c2ccccc21)c1nc2c(ccc[n+]2C)o1.I.I.[I-].[I-]. The van der Waals surface area contributed by atoms with Crippen molar-refractivity contribution in [2.45, 2.75) is 44.9 Å². The lowest BCUT2D eigenvalue weighted by Gasteiger charge is -2.29. The number of unbranched alkanes of at least 4 members (excludes halogenated alkanes) is 6. The van der Waals surface area contributed by atoms with Gasteiger partial charge in [-0.05, 0) is 61.4 Å². The number of hydrogen-bond acceptors (Lipinski definition) is 8. The zero-order valence-corrected chi connectivity index (χ0v) is 44.7. The van der Waals surface area contributed by atoms with E-state index in [0.717, 1.165) is 70.9 Å². The van der Waals surface area contributed by atoms with Crippen molar-refractivity contribution in [1.29, 1.82) is 0 Å². The second-order valence-corrected chi connectivity index (χ2v) is 15.5. The molecule has 0 saturated heterocycles. The first-order chi connectivity index (χ1) is 27.8. The van der Waals surface area contributed by atoms with Crippen LogP contribution in [0.1, 0.15) is 67.9 Å². The molecule has 0 aliphatic carbocycles. The second kappa shape index (κ2) is 22.9. The Morgan fingerprint density at radius 1 is 0.541 bits per heavy atom. The van der Waals surface area contributed by atoms with Crippen LogP contribution in [-0.4, -0.2) is 61.0 Å². The number of allylic oxidation sites excluding steroid dienone is 4. The predicted molar refractivity (Wildman–Crippen MR) is 260 cm³/mol. The summed E-state index contributed by atoms with van der Waals surface area (Å²) in [5, 5.41) is 0. The van der Waals surface area contributed by atoms with E-state index in [9.17, 15) is 0 Å². The first kappa shape index (κ1) is 50.4. The smallest absolute Gasteiger partial charge is 0.370 e. The number of anilines is 2. The van der Waals surface area contributed by atoms with E-state index < -0.39 is 0 Å². The van der Waals surface area contributed by atoms with E-state index in [0.29, 0.717) is 11.8 Å². The monoisotopic (exact) mass is 1270 g/mol. The molecule has 0 unspecified atom stereocenters. The highest BCUT2D eigenvalue weighted by Gasteiger charge is 2.29. The highest BCUT2D eigenvalue weighted by atomic mass is 127. The summed E-state index contributed by atoms with van der Waals surface area (Å²) >= 11 is 0. The molecular formula is C47H56I4N8O2. The number of para-hydroxylation sites is 2. The average Bonchev–Trinajstić information content (AvgIpc) is 3.84. The van der Waals surface area contributed by atoms with Gasteiger partial charge in [0.15, 0.2) is 0 Å². The minimum absolute atomic E-state index is 0. The lowest BCUT2D eigenvalue weighted by atomic mass is 9.97. The van der Waals surface area contributed by atoms with Gasteiger partial charge in [-0.1, -0.05) is 68.5 Å². The molecule has 2 aliphatic heterocycles. The standard InChI is InChI=1S/C47H54N8O2.4HI/c1-50(2)42(46-48-44-40(56-46)24-18-28-52(44)5)36-26-32-54(38-22-14-12-20-34(36)38)30-16-10-8-7-9-11-17-31-55-33-27-37(35-21-13-15-23-39(35)55)43(51(3)4)47-49-45-41(57-47)25-19-29-53(45)6;;;;/h12-15,18-29,32-33H,7-11,16-17,30-31H2,1-6H3;4*1H/q+2;;;;/p-2. The zero-order valence-electron chi connectivity index (χ0n) is 35.7. The molecule has 0 bridgehead atoms. The number of halogens is 4. The summed E-state index contributed by atoms with van der Waals surface area (Å²) in [5.74, 6) is 1.26. The van der Waals surface area contributed by atoms with Crippen LogP contribution in [0, 0.1) is 0 Å². The molecule has 6 aromatic rings. The van der Waals surface area contributed by atoms with Crippen LogP contribution in [0.15, 0.2) is 119 Å². The normalized spacial score (nSPS) is 14.3. The molecule has 0 atom stereocenters. The molecule has 0 spiro atoms. The van der Waals surface area contributed by atoms with E-state index in [1.54, 1.807) is 0 Å². The van der Waals surface area contributed by atoms with Gasteiger partial charge >= 0.3 is 23.1 Å². The Bertz CT molecular complexity index is 2370. The van der Waals surface area contributed by atoms with Crippen LogP contribution >= 0.6 is 48.0 Å². The maximum absolute atomic E-state index is 6.29. The van der Waals surface area contributed by atoms with E-state index >= 15 is 0 Å². The number of nitrogens with zero attached hydrogens (tertiary/aromatic N) is 8. The fraction of sp³-hybridized carbons (Fsp3) is 0.319. The number of aryl methyl sites for hydroxylation is 2. The summed E-state index contributed by atoms with van der Waals surface area (Å²) in [5.41, 5.74) is 12.3. The Balaban J connectivity index is 0.00000205. The van der Waals surface area contributed by atoms with Gasteiger partial charge in [-0.15, -0.1) is 48.0 Å². The lowest BCUT2D eigenvalue weighted by molar-refractivity contribution is -0.646. The van der Waals surface area contributed by atoms with E-state index in [4.69, 9.17) is 18.8 Å². The summed E-state index contributed by atoms with van der Waals surface area (Å²) in [7, 11) is 12.2. The molecule has 2 aromatic carbocycles. The molecule has 0 fully saturated rings. The fourth-order valence-electron chi connectivity index (χ4n) is 8.15. The van der Waals surface area contributed by atoms with Crippen LogP contribution in [0.4, 0.5) is 11.4 Å². The molecule has 6 heterocycles. The van der Waals surface area contributed by atoms with Gasteiger partial charge in [0, 0.05) is 97.3 Å². The zero-order chi connectivity index (χ0) is 39.5. The second-order valence-electron chi connectivity index (χ2n) is 15.5. The van der Waals surface area contributed by atoms with Gasteiger partial charge in [-0.3, -0.25) is 0 Å². The molecule has 0 radical (unpaired) electrons. The quantitative estimate of drug-likeness (QED) is 0.0929. The summed E-state index contributed by atoms with van der Waals surface area (Å²) < 4.78 is 16.6. The van der Waals surface area contributed by atoms with Crippen LogP contribution in [0.2, 0.25) is 0 Å². The number of fused-ring (bicyclic) bond motifs is 4. The first-order valence-electron chi connectivity index (χ1n) is 20.2. The van der Waals surface area contributed by atoms with Crippen LogP contribution in [-0.2, 0) is 14.1 Å². The van der Waals surface area contributed by atoms with E-state index in [1.807, 2.05) is 59.9 Å². The Morgan fingerprint density at radius 2 is 0.918 bits per heavy atom. The third kappa shape index (κ3) is 10.9. The molecule has 4 aromatic heterocycles. The molecule has 0 saturated carbocycles. The molecule has 2 aliphatic rings. The van der Waals surface area contributed by atoms with Gasteiger partial charge in [0.05, 0.1) is 26.5 Å². The highest BCUT2D eigenvalue weighted by Crippen LogP contribution is 2.40. The first-order valence-corrected chi connectivity index (χ1v) is 20.2.